The van der Waals surface area contributed by atoms with Crippen molar-refractivity contribution in [3.63, 3.8) is 0 Å². The molecule has 0 fully saturated rings. The van der Waals surface area contributed by atoms with Crippen molar-refractivity contribution in [2.45, 2.75) is 25.1 Å². The molecule has 0 aliphatic carbocycles. The lowest BCUT2D eigenvalue weighted by molar-refractivity contribution is 0.389. The van der Waals surface area contributed by atoms with E-state index in [-0.39, 0.29) is 11.3 Å². The summed E-state index contributed by atoms with van der Waals surface area (Å²) in [4.78, 5) is 0. The van der Waals surface area contributed by atoms with E-state index in [9.17, 15) is 4.21 Å². The van der Waals surface area contributed by atoms with Crippen molar-refractivity contribution < 1.29 is 13.7 Å². The van der Waals surface area contributed by atoms with Crippen LogP contribution in [0, 0.1) is 0 Å². The van der Waals surface area contributed by atoms with E-state index in [0.29, 0.717) is 17.3 Å². The van der Waals surface area contributed by atoms with Gasteiger partial charge >= 0.3 is 0 Å². The molecule has 102 valence electrons. The highest BCUT2D eigenvalue weighted by Crippen LogP contribution is 2.29. The van der Waals surface area contributed by atoms with Gasteiger partial charge in [0, 0.05) is 39.5 Å². The van der Waals surface area contributed by atoms with Gasteiger partial charge < -0.3 is 15.2 Å². The second-order valence-electron chi connectivity index (χ2n) is 4.31. The van der Waals surface area contributed by atoms with Crippen LogP contribution in [0.2, 0.25) is 0 Å². The van der Waals surface area contributed by atoms with Crippen LogP contribution in [0.4, 0.5) is 0 Å². The van der Waals surface area contributed by atoms with Crippen molar-refractivity contribution in [2.75, 3.05) is 20.0 Å². The molecular weight excluding hydrogens is 250 g/mol. The molecule has 1 aromatic rings. The Morgan fingerprint density at radius 2 is 1.94 bits per heavy atom. The van der Waals surface area contributed by atoms with E-state index < -0.39 is 10.8 Å². The maximum atomic E-state index is 11.8. The zero-order chi connectivity index (χ0) is 13.7. The Morgan fingerprint density at radius 1 is 1.28 bits per heavy atom. The van der Waals surface area contributed by atoms with Gasteiger partial charge in [-0.05, 0) is 6.07 Å². The fourth-order valence-electron chi connectivity index (χ4n) is 1.58. The Labute approximate surface area is 111 Å². The largest absolute Gasteiger partial charge is 0.497 e. The highest BCUT2D eigenvalue weighted by atomic mass is 32.2. The molecule has 0 aromatic heterocycles. The lowest BCUT2D eigenvalue weighted by atomic mass is 10.1. The summed E-state index contributed by atoms with van der Waals surface area (Å²) in [6, 6.07) is 5.18. The fraction of sp³-hybridized carbons (Fsp3) is 0.538. The molecule has 1 rings (SSSR count). The van der Waals surface area contributed by atoms with Crippen LogP contribution in [0.1, 0.15) is 25.5 Å². The molecule has 0 saturated carbocycles. The van der Waals surface area contributed by atoms with E-state index in [2.05, 4.69) is 0 Å². The Balaban J connectivity index is 2.91. The van der Waals surface area contributed by atoms with Gasteiger partial charge in [-0.2, -0.15) is 0 Å². The summed E-state index contributed by atoms with van der Waals surface area (Å²) in [6.07, 6.45) is 0. The average Bonchev–Trinajstić information content (AvgIpc) is 2.37. The van der Waals surface area contributed by atoms with Gasteiger partial charge in [0.15, 0.2) is 0 Å². The van der Waals surface area contributed by atoms with Crippen LogP contribution >= 0.6 is 0 Å². The number of hydrogen-bond donors (Lipinski definition) is 1. The third kappa shape index (κ3) is 3.71. The molecule has 0 heterocycles. The number of ether oxygens (including phenoxy) is 2. The zero-order valence-electron chi connectivity index (χ0n) is 11.3. The lowest BCUT2D eigenvalue weighted by Crippen LogP contribution is -2.22. The minimum atomic E-state index is -0.932. The molecule has 0 amide bonds. The highest BCUT2D eigenvalue weighted by Gasteiger charge is 2.17. The quantitative estimate of drug-likeness (QED) is 0.858. The first-order valence-electron chi connectivity index (χ1n) is 5.84. The van der Waals surface area contributed by atoms with E-state index in [4.69, 9.17) is 15.2 Å². The summed E-state index contributed by atoms with van der Waals surface area (Å²) >= 11 is 0. The van der Waals surface area contributed by atoms with Crippen molar-refractivity contribution in [1.29, 1.82) is 0 Å². The second kappa shape index (κ2) is 6.75. The molecule has 2 atom stereocenters. The topological polar surface area (TPSA) is 61.5 Å². The van der Waals surface area contributed by atoms with Crippen molar-refractivity contribution in [1.82, 2.24) is 0 Å². The summed E-state index contributed by atoms with van der Waals surface area (Å²) in [6.45, 7) is 3.85. The van der Waals surface area contributed by atoms with Crippen LogP contribution < -0.4 is 15.2 Å². The third-order valence-corrected chi connectivity index (χ3v) is 4.45. The molecule has 0 aliphatic heterocycles. The Morgan fingerprint density at radius 3 is 2.44 bits per heavy atom. The molecule has 0 spiro atoms. The van der Waals surface area contributed by atoms with Gasteiger partial charge in [-0.3, -0.25) is 4.21 Å². The molecule has 18 heavy (non-hydrogen) atoms. The van der Waals surface area contributed by atoms with Crippen LogP contribution in [0.5, 0.6) is 11.5 Å². The predicted molar refractivity (Wildman–Crippen MR) is 74.6 cm³/mol. The number of benzene rings is 1. The van der Waals surface area contributed by atoms with Gasteiger partial charge in [0.25, 0.3) is 0 Å². The van der Waals surface area contributed by atoms with Gasteiger partial charge in [0.1, 0.15) is 11.5 Å². The number of methoxy groups -OCH3 is 2. The van der Waals surface area contributed by atoms with E-state index in [1.54, 1.807) is 20.3 Å². The maximum Gasteiger partial charge on any atom is 0.127 e. The number of hydrogen-bond acceptors (Lipinski definition) is 4. The van der Waals surface area contributed by atoms with Crippen LogP contribution in [0.3, 0.4) is 0 Å². The molecular formula is C13H21NO3S. The summed E-state index contributed by atoms with van der Waals surface area (Å²) in [5.74, 6) is 1.82. The molecule has 0 aliphatic rings. The first-order valence-corrected chi connectivity index (χ1v) is 7.22. The first kappa shape index (κ1) is 15.0. The Hall–Kier alpha value is -1.07. The smallest absolute Gasteiger partial charge is 0.127 e. The van der Waals surface area contributed by atoms with Crippen LogP contribution in [-0.2, 0) is 10.8 Å². The molecule has 2 N–H and O–H groups in total. The summed E-state index contributed by atoms with van der Waals surface area (Å²) in [5, 5.41) is 0.111. The molecule has 5 heteroatoms. The molecule has 0 bridgehead atoms. The fourth-order valence-corrected chi connectivity index (χ4v) is 2.50. The standard InChI is InChI=1S/C13H21NO3S/c1-9(2)18(15)8-12(14)11-6-5-10(16-3)7-13(11)17-4/h5-7,9,12H,8,14H2,1-4H3. The van der Waals surface area contributed by atoms with Crippen molar-refractivity contribution in [2.24, 2.45) is 5.73 Å². The monoisotopic (exact) mass is 271 g/mol. The maximum absolute atomic E-state index is 11.8. The summed E-state index contributed by atoms with van der Waals surface area (Å²) < 4.78 is 22.2. The molecule has 0 saturated heterocycles. The van der Waals surface area contributed by atoms with Gasteiger partial charge in [0.2, 0.25) is 0 Å². The first-order chi connectivity index (χ1) is 8.49. The Kier molecular flexibility index (Phi) is 5.62. The molecule has 4 nitrogen and oxygen atoms in total. The second-order valence-corrected chi connectivity index (χ2v) is 6.35. The summed E-state index contributed by atoms with van der Waals surface area (Å²) in [7, 11) is 2.26. The van der Waals surface area contributed by atoms with E-state index in [1.807, 2.05) is 26.0 Å². The van der Waals surface area contributed by atoms with Gasteiger partial charge in [-0.25, -0.2) is 0 Å². The van der Waals surface area contributed by atoms with Crippen LogP contribution in [0.25, 0.3) is 0 Å². The van der Waals surface area contributed by atoms with E-state index in [0.717, 1.165) is 5.56 Å². The number of rotatable bonds is 6. The lowest BCUT2D eigenvalue weighted by Gasteiger charge is -2.17. The van der Waals surface area contributed by atoms with Crippen molar-refractivity contribution in [3.8, 4) is 11.5 Å². The van der Waals surface area contributed by atoms with Gasteiger partial charge in [-0.1, -0.05) is 19.9 Å². The van der Waals surface area contributed by atoms with Gasteiger partial charge in [-0.15, -0.1) is 0 Å². The molecule has 0 radical (unpaired) electrons. The predicted octanol–water partition coefficient (Wildman–Crippen LogP) is 1.86. The normalized spacial score (nSPS) is 14.3. The minimum absolute atomic E-state index is 0.111. The van der Waals surface area contributed by atoms with E-state index in [1.165, 1.54) is 0 Å². The van der Waals surface area contributed by atoms with E-state index >= 15 is 0 Å². The third-order valence-electron chi connectivity index (χ3n) is 2.71. The SMILES string of the molecule is COc1ccc(C(N)CS(=O)C(C)C)c(OC)c1. The minimum Gasteiger partial charge on any atom is -0.497 e. The van der Waals surface area contributed by atoms with Gasteiger partial charge in [0.05, 0.1) is 14.2 Å². The zero-order valence-corrected chi connectivity index (χ0v) is 12.1. The van der Waals surface area contributed by atoms with Crippen LogP contribution in [-0.4, -0.2) is 29.4 Å². The number of nitrogens with two attached hydrogens (primary N) is 1. The average molecular weight is 271 g/mol. The van der Waals surface area contributed by atoms with Crippen molar-refractivity contribution >= 4 is 10.8 Å². The molecule has 1 aromatic carbocycles. The Bertz CT molecular complexity index is 421. The van der Waals surface area contributed by atoms with Crippen LogP contribution in [0.15, 0.2) is 18.2 Å². The van der Waals surface area contributed by atoms with Crippen molar-refractivity contribution in [3.05, 3.63) is 23.8 Å². The molecule has 2 unspecified atom stereocenters. The summed E-state index contributed by atoms with van der Waals surface area (Å²) in [5.41, 5.74) is 6.94. The highest BCUT2D eigenvalue weighted by molar-refractivity contribution is 7.85.